The smallest absolute Gasteiger partial charge is 0.339 e. The number of rotatable bonds is 20. The van der Waals surface area contributed by atoms with E-state index < -0.39 is 12.1 Å². The Balaban J connectivity index is 2.14. The number of benzene rings is 1. The summed E-state index contributed by atoms with van der Waals surface area (Å²) in [6.45, 7) is 4.45. The van der Waals surface area contributed by atoms with Crippen LogP contribution in [0.15, 0.2) is 91.1 Å². The van der Waals surface area contributed by atoms with Crippen molar-refractivity contribution in [2.24, 2.45) is 0 Å². The van der Waals surface area contributed by atoms with E-state index in [-0.39, 0.29) is 17.2 Å². The number of aromatic hydroxyl groups is 1. The van der Waals surface area contributed by atoms with Crippen LogP contribution in [0.3, 0.4) is 0 Å². The minimum absolute atomic E-state index is 0.266. The van der Waals surface area contributed by atoms with E-state index in [2.05, 4.69) is 85.2 Å². The van der Waals surface area contributed by atoms with Crippen LogP contribution in [0.25, 0.3) is 0 Å². The summed E-state index contributed by atoms with van der Waals surface area (Å²) < 4.78 is 5.72. The van der Waals surface area contributed by atoms with Crippen LogP contribution in [0, 0.1) is 0 Å². The SMILES string of the molecule is CCC=CCC=CCC=CCC=CCC=CCC=CCCCOC(CC)C(=O)Nc1ccc(O)c(C(=O)O)c1. The second kappa shape index (κ2) is 22.4. The fourth-order valence-electron chi connectivity index (χ4n) is 3.45. The molecule has 0 aliphatic carbocycles. The monoisotopic (exact) mass is 535 g/mol. The lowest BCUT2D eigenvalue weighted by molar-refractivity contribution is -0.127. The van der Waals surface area contributed by atoms with Gasteiger partial charge in [-0.2, -0.15) is 0 Å². The van der Waals surface area contributed by atoms with E-state index in [1.807, 2.05) is 6.92 Å². The van der Waals surface area contributed by atoms with E-state index in [9.17, 15) is 14.7 Å². The zero-order valence-electron chi connectivity index (χ0n) is 23.4. The molecule has 1 atom stereocenters. The molecule has 0 heterocycles. The highest BCUT2D eigenvalue weighted by Gasteiger charge is 2.18. The predicted molar refractivity (Wildman–Crippen MR) is 161 cm³/mol. The quantitative estimate of drug-likeness (QED) is 0.0886. The first-order chi connectivity index (χ1) is 19.0. The second-order valence-corrected chi connectivity index (χ2v) is 8.85. The van der Waals surface area contributed by atoms with Crippen molar-refractivity contribution >= 4 is 17.6 Å². The van der Waals surface area contributed by atoms with Crippen molar-refractivity contribution in [3.63, 3.8) is 0 Å². The highest BCUT2D eigenvalue weighted by Crippen LogP contribution is 2.22. The number of unbranched alkanes of at least 4 members (excludes halogenated alkanes) is 1. The number of phenols is 1. The number of carbonyl (C=O) groups is 2. The van der Waals surface area contributed by atoms with Crippen molar-refractivity contribution in [2.75, 3.05) is 11.9 Å². The predicted octanol–water partition coefficient (Wildman–Crippen LogP) is 8.30. The molecule has 0 saturated carbocycles. The van der Waals surface area contributed by atoms with E-state index in [0.717, 1.165) is 51.4 Å². The van der Waals surface area contributed by atoms with Crippen molar-refractivity contribution in [3.05, 3.63) is 96.7 Å². The molecular weight excluding hydrogens is 490 g/mol. The minimum atomic E-state index is -1.26. The van der Waals surface area contributed by atoms with Gasteiger partial charge < -0.3 is 20.3 Å². The molecule has 1 unspecified atom stereocenters. The lowest BCUT2D eigenvalue weighted by Crippen LogP contribution is -2.30. The van der Waals surface area contributed by atoms with Crippen LogP contribution in [0.5, 0.6) is 5.75 Å². The third kappa shape index (κ3) is 16.7. The molecule has 212 valence electrons. The van der Waals surface area contributed by atoms with Gasteiger partial charge in [0.25, 0.3) is 5.91 Å². The Morgan fingerprint density at radius 3 is 1.82 bits per heavy atom. The molecular formula is C33H45NO5. The van der Waals surface area contributed by atoms with Crippen LogP contribution >= 0.6 is 0 Å². The van der Waals surface area contributed by atoms with Crippen LogP contribution in [0.1, 0.15) is 82.0 Å². The van der Waals surface area contributed by atoms with Gasteiger partial charge in [-0.05, 0) is 76.0 Å². The highest BCUT2D eigenvalue weighted by atomic mass is 16.5. The average Bonchev–Trinajstić information content (AvgIpc) is 2.92. The van der Waals surface area contributed by atoms with E-state index in [1.165, 1.54) is 18.2 Å². The van der Waals surface area contributed by atoms with Crippen molar-refractivity contribution in [2.45, 2.75) is 77.7 Å². The van der Waals surface area contributed by atoms with Gasteiger partial charge in [-0.15, -0.1) is 0 Å². The van der Waals surface area contributed by atoms with E-state index in [0.29, 0.717) is 18.7 Å². The van der Waals surface area contributed by atoms with Gasteiger partial charge in [-0.3, -0.25) is 4.79 Å². The topological polar surface area (TPSA) is 95.9 Å². The zero-order valence-corrected chi connectivity index (χ0v) is 23.4. The Hall–Kier alpha value is -3.64. The summed E-state index contributed by atoms with van der Waals surface area (Å²) in [6, 6.07) is 3.92. The summed E-state index contributed by atoms with van der Waals surface area (Å²) in [5, 5.41) is 21.4. The molecule has 39 heavy (non-hydrogen) atoms. The minimum Gasteiger partial charge on any atom is -0.507 e. The Labute approximate surface area is 234 Å². The van der Waals surface area contributed by atoms with Crippen LogP contribution < -0.4 is 5.32 Å². The van der Waals surface area contributed by atoms with Gasteiger partial charge >= 0.3 is 5.97 Å². The first-order valence-corrected chi connectivity index (χ1v) is 13.9. The first-order valence-electron chi connectivity index (χ1n) is 13.9. The number of amides is 1. The standard InChI is InChI=1S/C33H45NO5/c1-3-5-6-7-8-9-10-11-12-13-14-15-16-17-18-19-20-21-22-23-26-39-31(4-2)32(36)34-28-24-25-30(35)29(27-28)33(37)38/h5-6,8-9,11-12,14-15,17-18,20-21,24-25,27,31,35H,3-4,7,10,13,16,19,22-23,26H2,1-2H3,(H,34,36)(H,37,38). The maximum Gasteiger partial charge on any atom is 0.339 e. The largest absolute Gasteiger partial charge is 0.507 e. The van der Waals surface area contributed by atoms with E-state index in [4.69, 9.17) is 9.84 Å². The number of carboxylic acid groups (broad SMARTS) is 1. The fraction of sp³-hybridized carbons (Fsp3) is 0.394. The molecule has 0 radical (unpaired) electrons. The third-order valence-corrected chi connectivity index (χ3v) is 5.59. The number of anilines is 1. The summed E-state index contributed by atoms with van der Waals surface area (Å²) in [5.41, 5.74) is 0.0355. The van der Waals surface area contributed by atoms with Gasteiger partial charge in [-0.1, -0.05) is 86.8 Å². The summed E-state index contributed by atoms with van der Waals surface area (Å²) in [6.07, 6.45) is 33.5. The Kier molecular flexibility index (Phi) is 19.1. The second-order valence-electron chi connectivity index (χ2n) is 8.85. The summed E-state index contributed by atoms with van der Waals surface area (Å²) in [7, 11) is 0. The maximum absolute atomic E-state index is 12.5. The first kappa shape index (κ1) is 33.4. The number of hydrogen-bond donors (Lipinski definition) is 3. The van der Waals surface area contributed by atoms with Gasteiger partial charge in [0.2, 0.25) is 0 Å². The van der Waals surface area contributed by atoms with Gasteiger partial charge in [0.1, 0.15) is 17.4 Å². The number of allylic oxidation sites excluding steroid dienone is 12. The van der Waals surface area contributed by atoms with E-state index in [1.54, 1.807) is 0 Å². The molecule has 3 N–H and O–H groups in total. The van der Waals surface area contributed by atoms with Gasteiger partial charge in [0.15, 0.2) is 0 Å². The molecule has 0 saturated heterocycles. The molecule has 0 aromatic heterocycles. The third-order valence-electron chi connectivity index (χ3n) is 5.59. The lowest BCUT2D eigenvalue weighted by atomic mass is 10.1. The van der Waals surface area contributed by atoms with Gasteiger partial charge in [0, 0.05) is 12.3 Å². The molecule has 6 heteroatoms. The normalized spacial score (nSPS) is 13.2. The Bertz CT molecular complexity index is 1020. The van der Waals surface area contributed by atoms with Crippen molar-refractivity contribution in [3.8, 4) is 5.75 Å². The number of aromatic carboxylic acids is 1. The lowest BCUT2D eigenvalue weighted by Gasteiger charge is -2.16. The Morgan fingerprint density at radius 1 is 0.821 bits per heavy atom. The van der Waals surface area contributed by atoms with Gasteiger partial charge in [0.05, 0.1) is 0 Å². The Morgan fingerprint density at radius 2 is 1.33 bits per heavy atom. The summed E-state index contributed by atoms with van der Waals surface area (Å²) in [4.78, 5) is 23.6. The molecule has 1 amide bonds. The zero-order chi connectivity index (χ0) is 28.6. The van der Waals surface area contributed by atoms with Crippen LogP contribution in [0.4, 0.5) is 5.69 Å². The number of ether oxygens (including phenoxy) is 1. The fourth-order valence-corrected chi connectivity index (χ4v) is 3.45. The molecule has 1 aromatic rings. The average molecular weight is 536 g/mol. The molecule has 0 aliphatic rings. The van der Waals surface area contributed by atoms with Crippen molar-refractivity contribution in [1.82, 2.24) is 0 Å². The molecule has 0 fully saturated rings. The van der Waals surface area contributed by atoms with Gasteiger partial charge in [-0.25, -0.2) is 4.79 Å². The van der Waals surface area contributed by atoms with Crippen LogP contribution in [0.2, 0.25) is 0 Å². The maximum atomic E-state index is 12.5. The number of hydrogen-bond acceptors (Lipinski definition) is 4. The highest BCUT2D eigenvalue weighted by molar-refractivity contribution is 5.97. The van der Waals surface area contributed by atoms with E-state index >= 15 is 0 Å². The van der Waals surface area contributed by atoms with Crippen molar-refractivity contribution < 1.29 is 24.5 Å². The molecule has 1 aromatic carbocycles. The number of carboxylic acids is 1. The number of nitrogens with one attached hydrogen (secondary N) is 1. The molecule has 6 nitrogen and oxygen atoms in total. The molecule has 0 spiro atoms. The molecule has 0 bridgehead atoms. The molecule has 0 aliphatic heterocycles. The number of carbonyl (C=O) groups excluding carboxylic acids is 1. The van der Waals surface area contributed by atoms with Crippen LogP contribution in [-0.4, -0.2) is 34.8 Å². The van der Waals surface area contributed by atoms with Crippen molar-refractivity contribution in [1.29, 1.82) is 0 Å². The summed E-state index contributed by atoms with van der Waals surface area (Å²) in [5.74, 6) is -1.95. The van der Waals surface area contributed by atoms with Crippen LogP contribution in [-0.2, 0) is 9.53 Å². The molecule has 1 rings (SSSR count). The summed E-state index contributed by atoms with van der Waals surface area (Å²) >= 11 is 0.